The van der Waals surface area contributed by atoms with E-state index in [1.54, 1.807) is 17.8 Å². The van der Waals surface area contributed by atoms with Crippen LogP contribution in [0.3, 0.4) is 0 Å². The van der Waals surface area contributed by atoms with Crippen LogP contribution in [-0.4, -0.2) is 14.7 Å². The van der Waals surface area contributed by atoms with Crippen molar-refractivity contribution in [3.63, 3.8) is 0 Å². The van der Waals surface area contributed by atoms with Crippen LogP contribution in [0.1, 0.15) is 5.56 Å². The molecule has 0 amide bonds. The normalized spacial score (nSPS) is 11.5. The maximum Gasteiger partial charge on any atom is 0.182 e. The van der Waals surface area contributed by atoms with Gasteiger partial charge < -0.3 is 0 Å². The van der Waals surface area contributed by atoms with Crippen molar-refractivity contribution in [3.05, 3.63) is 59.9 Å². The number of hydrogen-bond acceptors (Lipinski definition) is 3. The fourth-order valence-electron chi connectivity index (χ4n) is 1.71. The van der Waals surface area contributed by atoms with Crippen molar-refractivity contribution in [2.45, 2.75) is 15.5 Å². The number of benzene rings is 2. The summed E-state index contributed by atoms with van der Waals surface area (Å²) in [5, 5.41) is 0. The molecule has 19 heavy (non-hydrogen) atoms. The predicted molar refractivity (Wildman–Crippen MR) is 75.5 cm³/mol. The second-order valence-corrected chi connectivity index (χ2v) is 6.93. The summed E-state index contributed by atoms with van der Waals surface area (Å²) < 4.78 is 37.2. The summed E-state index contributed by atoms with van der Waals surface area (Å²) in [6.45, 7) is 0. The maximum absolute atomic E-state index is 12.8. The Balaban J connectivity index is 2.28. The predicted octanol–water partition coefficient (Wildman–Crippen LogP) is 3.52. The first-order valence-electron chi connectivity index (χ1n) is 5.62. The van der Waals surface area contributed by atoms with Crippen molar-refractivity contribution in [2.75, 3.05) is 6.26 Å². The SMILES string of the molecule is CSc1cccc(CS(=O)(=O)c2ccc(F)cc2)c1. The molecule has 0 aliphatic heterocycles. The van der Waals surface area contributed by atoms with Crippen molar-refractivity contribution >= 4 is 21.6 Å². The van der Waals surface area contributed by atoms with Gasteiger partial charge >= 0.3 is 0 Å². The zero-order chi connectivity index (χ0) is 13.9. The molecule has 0 N–H and O–H groups in total. The highest BCUT2D eigenvalue weighted by molar-refractivity contribution is 7.98. The third kappa shape index (κ3) is 3.58. The lowest BCUT2D eigenvalue weighted by atomic mass is 10.2. The van der Waals surface area contributed by atoms with Gasteiger partial charge in [0.05, 0.1) is 10.6 Å². The van der Waals surface area contributed by atoms with Crippen molar-refractivity contribution in [2.24, 2.45) is 0 Å². The molecule has 5 heteroatoms. The van der Waals surface area contributed by atoms with Gasteiger partial charge in [0.1, 0.15) is 5.82 Å². The molecule has 0 aromatic heterocycles. The van der Waals surface area contributed by atoms with Crippen LogP contribution in [0.2, 0.25) is 0 Å². The van der Waals surface area contributed by atoms with Gasteiger partial charge in [0, 0.05) is 4.90 Å². The lowest BCUT2D eigenvalue weighted by Crippen LogP contribution is -2.05. The van der Waals surface area contributed by atoms with Gasteiger partial charge in [-0.05, 0) is 48.2 Å². The Morgan fingerprint density at radius 3 is 2.42 bits per heavy atom. The number of rotatable bonds is 4. The van der Waals surface area contributed by atoms with Gasteiger partial charge in [-0.25, -0.2) is 12.8 Å². The molecule has 0 spiro atoms. The average Bonchev–Trinajstić information content (AvgIpc) is 2.39. The molecule has 2 rings (SSSR count). The quantitative estimate of drug-likeness (QED) is 0.639. The summed E-state index contributed by atoms with van der Waals surface area (Å²) in [5.74, 6) is -0.518. The molecule has 2 aromatic rings. The summed E-state index contributed by atoms with van der Waals surface area (Å²) in [4.78, 5) is 1.16. The number of thioether (sulfide) groups is 1. The highest BCUT2D eigenvalue weighted by Gasteiger charge is 2.15. The van der Waals surface area contributed by atoms with E-state index in [0.29, 0.717) is 0 Å². The zero-order valence-corrected chi connectivity index (χ0v) is 12.0. The monoisotopic (exact) mass is 296 g/mol. The molecule has 0 bridgehead atoms. The Bertz CT molecular complexity index is 664. The average molecular weight is 296 g/mol. The highest BCUT2D eigenvalue weighted by Crippen LogP contribution is 2.20. The Hall–Kier alpha value is -1.33. The van der Waals surface area contributed by atoms with E-state index in [1.807, 2.05) is 24.5 Å². The van der Waals surface area contributed by atoms with Crippen LogP contribution in [0, 0.1) is 5.82 Å². The molecular formula is C14H13FO2S2. The van der Waals surface area contributed by atoms with E-state index in [0.717, 1.165) is 22.6 Å². The standard InChI is InChI=1S/C14H13FO2S2/c1-18-13-4-2-3-11(9-13)10-19(16,17)14-7-5-12(15)6-8-14/h2-9H,10H2,1H3. The smallest absolute Gasteiger partial charge is 0.182 e. The minimum Gasteiger partial charge on any atom is -0.223 e. The molecule has 0 saturated heterocycles. The van der Waals surface area contributed by atoms with Crippen molar-refractivity contribution in [3.8, 4) is 0 Å². The van der Waals surface area contributed by atoms with E-state index in [1.165, 1.54) is 12.1 Å². The van der Waals surface area contributed by atoms with E-state index >= 15 is 0 Å². The Morgan fingerprint density at radius 2 is 1.79 bits per heavy atom. The summed E-state index contributed by atoms with van der Waals surface area (Å²) >= 11 is 1.56. The summed E-state index contributed by atoms with van der Waals surface area (Å²) in [6.07, 6.45) is 1.94. The Morgan fingerprint density at radius 1 is 1.11 bits per heavy atom. The number of sulfone groups is 1. The summed E-state index contributed by atoms with van der Waals surface area (Å²) in [7, 11) is -3.43. The lowest BCUT2D eigenvalue weighted by molar-refractivity contribution is 0.594. The zero-order valence-electron chi connectivity index (χ0n) is 10.3. The minimum absolute atomic E-state index is 0.0764. The van der Waals surface area contributed by atoms with Crippen LogP contribution < -0.4 is 0 Å². The van der Waals surface area contributed by atoms with Gasteiger partial charge in [-0.3, -0.25) is 0 Å². The molecule has 2 nitrogen and oxygen atoms in total. The van der Waals surface area contributed by atoms with Crippen molar-refractivity contribution < 1.29 is 12.8 Å². The molecule has 0 radical (unpaired) electrons. The van der Waals surface area contributed by atoms with Gasteiger partial charge in [0.25, 0.3) is 0 Å². The largest absolute Gasteiger partial charge is 0.223 e. The van der Waals surface area contributed by atoms with Crippen molar-refractivity contribution in [1.82, 2.24) is 0 Å². The van der Waals surface area contributed by atoms with Crippen LogP contribution in [0.25, 0.3) is 0 Å². The molecule has 0 atom stereocenters. The molecule has 0 aliphatic rings. The van der Waals surface area contributed by atoms with E-state index in [2.05, 4.69) is 0 Å². The topological polar surface area (TPSA) is 34.1 Å². The molecule has 0 aliphatic carbocycles. The van der Waals surface area contributed by atoms with Crippen molar-refractivity contribution in [1.29, 1.82) is 0 Å². The fourth-order valence-corrected chi connectivity index (χ4v) is 3.53. The highest BCUT2D eigenvalue weighted by atomic mass is 32.2. The van der Waals surface area contributed by atoms with Gasteiger partial charge in [-0.15, -0.1) is 11.8 Å². The van der Waals surface area contributed by atoms with E-state index < -0.39 is 15.7 Å². The second kappa shape index (κ2) is 5.75. The molecule has 0 heterocycles. The van der Waals surface area contributed by atoms with Gasteiger partial charge in [0.2, 0.25) is 0 Å². The Labute approximate surface area is 116 Å². The first-order valence-corrected chi connectivity index (χ1v) is 8.50. The third-order valence-electron chi connectivity index (χ3n) is 2.66. The molecular weight excluding hydrogens is 283 g/mol. The summed E-state index contributed by atoms with van der Waals surface area (Å²) in [6, 6.07) is 12.3. The number of halogens is 1. The van der Waals surface area contributed by atoms with Crippen LogP contribution >= 0.6 is 11.8 Å². The second-order valence-electron chi connectivity index (χ2n) is 4.06. The van der Waals surface area contributed by atoms with Crippen LogP contribution in [0.4, 0.5) is 4.39 Å². The molecule has 0 fully saturated rings. The van der Waals surface area contributed by atoms with Gasteiger partial charge in [0.15, 0.2) is 9.84 Å². The molecule has 0 saturated carbocycles. The minimum atomic E-state index is -3.43. The van der Waals surface area contributed by atoms with Crippen LogP contribution in [0.5, 0.6) is 0 Å². The van der Waals surface area contributed by atoms with Crippen LogP contribution in [0.15, 0.2) is 58.3 Å². The summed E-state index contributed by atoms with van der Waals surface area (Å²) in [5.41, 5.74) is 0.733. The van der Waals surface area contributed by atoms with E-state index in [4.69, 9.17) is 0 Å². The van der Waals surface area contributed by atoms with Crippen LogP contribution in [-0.2, 0) is 15.6 Å². The lowest BCUT2D eigenvalue weighted by Gasteiger charge is -2.06. The third-order valence-corrected chi connectivity index (χ3v) is 5.09. The molecule has 2 aromatic carbocycles. The molecule has 100 valence electrons. The number of hydrogen-bond donors (Lipinski definition) is 0. The van der Waals surface area contributed by atoms with E-state index in [9.17, 15) is 12.8 Å². The van der Waals surface area contributed by atoms with Gasteiger partial charge in [-0.2, -0.15) is 0 Å². The Kier molecular flexibility index (Phi) is 4.27. The fraction of sp³-hybridized carbons (Fsp3) is 0.143. The first-order chi connectivity index (χ1) is 9.01. The molecule has 0 unspecified atom stereocenters. The van der Waals surface area contributed by atoms with E-state index in [-0.39, 0.29) is 10.6 Å². The first kappa shape index (κ1) is 14.1. The van der Waals surface area contributed by atoms with Gasteiger partial charge in [-0.1, -0.05) is 12.1 Å². The maximum atomic E-state index is 12.8.